The molecule has 10 aromatic rings. The lowest BCUT2D eigenvalue weighted by Crippen LogP contribution is -2.00. The zero-order valence-electron chi connectivity index (χ0n) is 29.4. The average Bonchev–Trinajstić information content (AvgIpc) is 3.26. The normalized spacial score (nSPS) is 11.3. The van der Waals surface area contributed by atoms with Crippen LogP contribution in [0.2, 0.25) is 0 Å². The molecule has 252 valence electrons. The van der Waals surface area contributed by atoms with E-state index in [9.17, 15) is 0 Å². The summed E-state index contributed by atoms with van der Waals surface area (Å²) in [4.78, 5) is 15.6. The third-order valence-corrected chi connectivity index (χ3v) is 10.3. The Morgan fingerprint density at radius 1 is 0.222 bits per heavy atom. The van der Waals surface area contributed by atoms with E-state index < -0.39 is 0 Å². The predicted octanol–water partition coefficient (Wildman–Crippen LogP) is 13.3. The molecule has 10 rings (SSSR count). The molecule has 1 heterocycles. The zero-order chi connectivity index (χ0) is 35.8. The number of hydrogen-bond acceptors (Lipinski definition) is 3. The van der Waals surface area contributed by atoms with Crippen LogP contribution in [-0.4, -0.2) is 15.0 Å². The van der Waals surface area contributed by atoms with Crippen molar-refractivity contribution >= 4 is 32.3 Å². The van der Waals surface area contributed by atoms with Gasteiger partial charge in [0.1, 0.15) is 0 Å². The SMILES string of the molecule is c1cc(-c2nc(-c3cccc(-c4cccc5ccccc45)c3)nc(-c3cccc(-c4cccc5ccccc45)c3)n2)cc(-c2cccc3ccccc23)c1. The van der Waals surface area contributed by atoms with E-state index in [0.717, 1.165) is 33.4 Å². The molecule has 0 saturated heterocycles. The standard InChI is InChI=1S/C51H33N3/c1-4-25-43-34(13-1)16-10-28-46(43)37-19-7-22-40(31-37)49-52-50(41-23-8-20-38(32-41)47-29-11-17-35-14-2-5-26-44(35)47)54-51(53-49)42-24-9-21-39(33-42)48-30-12-18-36-15-3-6-27-45(36)48/h1-33H. The Hall–Kier alpha value is -7.23. The van der Waals surface area contributed by atoms with Crippen molar-refractivity contribution in [2.75, 3.05) is 0 Å². The molecule has 0 fully saturated rings. The minimum atomic E-state index is 0.628. The van der Waals surface area contributed by atoms with E-state index in [1.807, 2.05) is 0 Å². The van der Waals surface area contributed by atoms with Crippen LogP contribution in [0.15, 0.2) is 200 Å². The molecule has 0 atom stereocenters. The molecule has 3 nitrogen and oxygen atoms in total. The van der Waals surface area contributed by atoms with Crippen LogP contribution in [0.3, 0.4) is 0 Å². The van der Waals surface area contributed by atoms with Crippen molar-refractivity contribution in [1.82, 2.24) is 15.0 Å². The van der Waals surface area contributed by atoms with E-state index >= 15 is 0 Å². The third kappa shape index (κ3) is 5.78. The summed E-state index contributed by atoms with van der Waals surface area (Å²) in [5.74, 6) is 1.88. The van der Waals surface area contributed by atoms with Crippen LogP contribution in [0.25, 0.3) is 99.9 Å². The quantitative estimate of drug-likeness (QED) is 0.175. The second kappa shape index (κ2) is 13.4. The molecule has 0 N–H and O–H groups in total. The lowest BCUT2D eigenvalue weighted by atomic mass is 9.96. The van der Waals surface area contributed by atoms with E-state index in [4.69, 9.17) is 15.0 Å². The van der Waals surface area contributed by atoms with Crippen LogP contribution in [0.1, 0.15) is 0 Å². The van der Waals surface area contributed by atoms with Gasteiger partial charge in [0, 0.05) is 16.7 Å². The smallest absolute Gasteiger partial charge is 0.164 e. The van der Waals surface area contributed by atoms with Crippen LogP contribution in [-0.2, 0) is 0 Å². The van der Waals surface area contributed by atoms with Crippen molar-refractivity contribution in [3.05, 3.63) is 200 Å². The van der Waals surface area contributed by atoms with E-state index in [1.165, 1.54) is 49.0 Å². The first-order chi connectivity index (χ1) is 26.7. The van der Waals surface area contributed by atoms with Gasteiger partial charge in [-0.3, -0.25) is 0 Å². The van der Waals surface area contributed by atoms with E-state index in [1.54, 1.807) is 0 Å². The van der Waals surface area contributed by atoms with Crippen LogP contribution in [0.4, 0.5) is 0 Å². The van der Waals surface area contributed by atoms with Crippen LogP contribution < -0.4 is 0 Å². The fraction of sp³-hybridized carbons (Fsp3) is 0. The maximum Gasteiger partial charge on any atom is 0.164 e. The molecule has 1 aromatic heterocycles. The summed E-state index contributed by atoms with van der Waals surface area (Å²) in [5, 5.41) is 7.27. The Balaban J connectivity index is 1.14. The van der Waals surface area contributed by atoms with Gasteiger partial charge in [0.15, 0.2) is 17.5 Å². The number of nitrogens with zero attached hydrogens (tertiary/aromatic N) is 3. The van der Waals surface area contributed by atoms with Crippen molar-refractivity contribution in [3.63, 3.8) is 0 Å². The molecule has 3 heteroatoms. The summed E-state index contributed by atoms with van der Waals surface area (Å²) in [7, 11) is 0. The summed E-state index contributed by atoms with van der Waals surface area (Å²) in [6.07, 6.45) is 0. The molecule has 54 heavy (non-hydrogen) atoms. The molecule has 0 aliphatic heterocycles. The van der Waals surface area contributed by atoms with E-state index in [-0.39, 0.29) is 0 Å². The molecule has 9 aromatic carbocycles. The summed E-state index contributed by atoms with van der Waals surface area (Å²) < 4.78 is 0. The van der Waals surface area contributed by atoms with Gasteiger partial charge in [0.05, 0.1) is 0 Å². The summed E-state index contributed by atoms with van der Waals surface area (Å²) in [6, 6.07) is 70.6. The first-order valence-electron chi connectivity index (χ1n) is 18.3. The average molecular weight is 688 g/mol. The number of aromatic nitrogens is 3. The second-order valence-electron chi connectivity index (χ2n) is 13.6. The first kappa shape index (κ1) is 31.5. The van der Waals surface area contributed by atoms with Crippen LogP contribution in [0, 0.1) is 0 Å². The Morgan fingerprint density at radius 3 is 0.815 bits per heavy atom. The highest BCUT2D eigenvalue weighted by molar-refractivity contribution is 5.99. The summed E-state index contributed by atoms with van der Waals surface area (Å²) in [5.41, 5.74) is 9.67. The molecular formula is C51H33N3. The monoisotopic (exact) mass is 687 g/mol. The molecule has 0 radical (unpaired) electrons. The molecule has 0 unspecified atom stereocenters. The predicted molar refractivity (Wildman–Crippen MR) is 225 cm³/mol. The minimum absolute atomic E-state index is 0.628. The molecular weight excluding hydrogens is 655 g/mol. The van der Waals surface area contributed by atoms with Gasteiger partial charge < -0.3 is 0 Å². The largest absolute Gasteiger partial charge is 0.208 e. The van der Waals surface area contributed by atoms with E-state index in [0.29, 0.717) is 17.5 Å². The van der Waals surface area contributed by atoms with Crippen molar-refractivity contribution in [3.8, 4) is 67.5 Å². The Morgan fingerprint density at radius 2 is 0.481 bits per heavy atom. The fourth-order valence-electron chi connectivity index (χ4n) is 7.67. The molecule has 0 aliphatic rings. The van der Waals surface area contributed by atoms with Gasteiger partial charge in [-0.25, -0.2) is 15.0 Å². The number of hydrogen-bond donors (Lipinski definition) is 0. The summed E-state index contributed by atoms with van der Waals surface area (Å²) in [6.45, 7) is 0. The van der Waals surface area contributed by atoms with Crippen molar-refractivity contribution in [1.29, 1.82) is 0 Å². The first-order valence-corrected chi connectivity index (χ1v) is 18.3. The lowest BCUT2D eigenvalue weighted by molar-refractivity contribution is 1.07. The Kier molecular flexibility index (Phi) is 7.81. The van der Waals surface area contributed by atoms with Gasteiger partial charge in [0.25, 0.3) is 0 Å². The zero-order valence-corrected chi connectivity index (χ0v) is 29.4. The van der Waals surface area contributed by atoms with Crippen molar-refractivity contribution < 1.29 is 0 Å². The minimum Gasteiger partial charge on any atom is -0.208 e. The number of rotatable bonds is 6. The van der Waals surface area contributed by atoms with Crippen molar-refractivity contribution in [2.45, 2.75) is 0 Å². The van der Waals surface area contributed by atoms with Gasteiger partial charge in [-0.2, -0.15) is 0 Å². The Bertz CT molecular complexity index is 2660. The third-order valence-electron chi connectivity index (χ3n) is 10.3. The van der Waals surface area contributed by atoms with Crippen molar-refractivity contribution in [2.24, 2.45) is 0 Å². The van der Waals surface area contributed by atoms with Gasteiger partial charge in [0.2, 0.25) is 0 Å². The van der Waals surface area contributed by atoms with E-state index in [2.05, 4.69) is 200 Å². The van der Waals surface area contributed by atoms with Gasteiger partial charge >= 0.3 is 0 Å². The summed E-state index contributed by atoms with van der Waals surface area (Å²) >= 11 is 0. The topological polar surface area (TPSA) is 38.7 Å². The van der Waals surface area contributed by atoms with Crippen LogP contribution in [0.5, 0.6) is 0 Å². The van der Waals surface area contributed by atoms with Crippen LogP contribution >= 0.6 is 0 Å². The maximum atomic E-state index is 5.19. The maximum absolute atomic E-state index is 5.19. The molecule has 0 bridgehead atoms. The number of benzene rings is 9. The highest BCUT2D eigenvalue weighted by Crippen LogP contribution is 2.36. The highest BCUT2D eigenvalue weighted by Gasteiger charge is 2.16. The van der Waals surface area contributed by atoms with Gasteiger partial charge in [-0.1, -0.05) is 182 Å². The number of fused-ring (bicyclic) bond motifs is 3. The fourth-order valence-corrected chi connectivity index (χ4v) is 7.67. The Labute approximate surface area is 313 Å². The highest BCUT2D eigenvalue weighted by atomic mass is 15.0. The second-order valence-corrected chi connectivity index (χ2v) is 13.6. The van der Waals surface area contributed by atoms with Gasteiger partial charge in [-0.15, -0.1) is 0 Å². The van der Waals surface area contributed by atoms with Gasteiger partial charge in [-0.05, 0) is 83.9 Å². The lowest BCUT2D eigenvalue weighted by Gasteiger charge is -2.13. The molecule has 0 aliphatic carbocycles. The molecule has 0 saturated carbocycles. The molecule has 0 amide bonds. The molecule has 0 spiro atoms.